The minimum absolute atomic E-state index is 0.0515. The van der Waals surface area contributed by atoms with Crippen LogP contribution in [0, 0.1) is 0 Å². The Hall–Kier alpha value is -2.36. The van der Waals surface area contributed by atoms with Crippen LogP contribution in [0.1, 0.15) is 28.9 Å². The molecule has 1 N–H and O–H groups in total. The number of halogens is 1. The second-order valence-corrected chi connectivity index (χ2v) is 6.03. The van der Waals surface area contributed by atoms with E-state index in [1.54, 1.807) is 30.3 Å². The highest BCUT2D eigenvalue weighted by atomic mass is 35.5. The lowest BCUT2D eigenvalue weighted by atomic mass is 10.0. The van der Waals surface area contributed by atoms with Gasteiger partial charge in [-0.15, -0.1) is 0 Å². The molecule has 0 fully saturated rings. The van der Waals surface area contributed by atoms with Crippen LogP contribution in [0.15, 0.2) is 60.7 Å². The molecule has 122 valence electrons. The highest BCUT2D eigenvalue weighted by Gasteiger charge is 2.15. The van der Waals surface area contributed by atoms with Crippen LogP contribution in [-0.4, -0.2) is 17.5 Å². The monoisotopic (exact) mass is 340 g/mol. The molecule has 0 saturated heterocycles. The second-order valence-electron chi connectivity index (χ2n) is 5.60. The van der Waals surface area contributed by atoms with E-state index >= 15 is 0 Å². The molecule has 3 nitrogen and oxygen atoms in total. The maximum Gasteiger partial charge on any atom is 0.163 e. The highest BCUT2D eigenvalue weighted by Crippen LogP contribution is 2.31. The number of aliphatic hydroxyl groups excluding tert-OH is 1. The van der Waals surface area contributed by atoms with Crippen molar-refractivity contribution in [2.75, 3.05) is 6.61 Å². The Morgan fingerprint density at radius 1 is 1.08 bits per heavy atom. The summed E-state index contributed by atoms with van der Waals surface area (Å²) in [5.41, 5.74) is 1.22. The molecular weight excluding hydrogens is 324 g/mol. The molecule has 0 heterocycles. The Morgan fingerprint density at radius 3 is 2.50 bits per heavy atom. The number of carbonyl (C=O) groups is 1. The van der Waals surface area contributed by atoms with Gasteiger partial charge in [0.05, 0.1) is 5.56 Å². The molecule has 1 atom stereocenters. The van der Waals surface area contributed by atoms with Crippen molar-refractivity contribution in [1.82, 2.24) is 0 Å². The van der Waals surface area contributed by atoms with Crippen molar-refractivity contribution in [1.29, 1.82) is 0 Å². The van der Waals surface area contributed by atoms with Crippen LogP contribution in [0.5, 0.6) is 5.75 Å². The molecule has 0 bridgehead atoms. The van der Waals surface area contributed by atoms with Crippen LogP contribution < -0.4 is 4.74 Å². The Bertz CT molecular complexity index is 872. The number of Topliss-reactive ketones (excluding diaryl/α,β-unsaturated/α-hetero) is 1. The van der Waals surface area contributed by atoms with Gasteiger partial charge in [-0.1, -0.05) is 54.1 Å². The maximum absolute atomic E-state index is 11.9. The first-order chi connectivity index (χ1) is 11.6. The van der Waals surface area contributed by atoms with Crippen molar-refractivity contribution in [2.24, 2.45) is 0 Å². The van der Waals surface area contributed by atoms with E-state index in [0.717, 1.165) is 10.8 Å². The van der Waals surface area contributed by atoms with Crippen LogP contribution in [0.2, 0.25) is 5.02 Å². The average Bonchev–Trinajstić information content (AvgIpc) is 2.59. The number of aliphatic hydroxyl groups is 1. The molecule has 0 amide bonds. The molecule has 0 aromatic heterocycles. The van der Waals surface area contributed by atoms with Crippen LogP contribution in [0.3, 0.4) is 0 Å². The minimum Gasteiger partial charge on any atom is -0.489 e. The van der Waals surface area contributed by atoms with E-state index in [9.17, 15) is 9.90 Å². The fraction of sp³-hybridized carbons (Fsp3) is 0.150. The molecule has 1 unspecified atom stereocenters. The number of hydrogen-bond donors (Lipinski definition) is 1. The molecule has 4 heteroatoms. The fourth-order valence-electron chi connectivity index (χ4n) is 2.62. The van der Waals surface area contributed by atoms with E-state index in [1.165, 1.54) is 6.92 Å². The van der Waals surface area contributed by atoms with E-state index in [-0.39, 0.29) is 12.4 Å². The summed E-state index contributed by atoms with van der Waals surface area (Å²) in [6.45, 7) is 1.56. The lowest BCUT2D eigenvalue weighted by Gasteiger charge is -2.16. The van der Waals surface area contributed by atoms with Gasteiger partial charge in [0.1, 0.15) is 18.5 Å². The molecule has 3 rings (SSSR count). The van der Waals surface area contributed by atoms with E-state index in [2.05, 4.69) is 0 Å². The first kappa shape index (κ1) is 16.5. The van der Waals surface area contributed by atoms with E-state index in [0.29, 0.717) is 21.9 Å². The lowest BCUT2D eigenvalue weighted by Crippen LogP contribution is -2.11. The van der Waals surface area contributed by atoms with Crippen LogP contribution in [0.4, 0.5) is 0 Å². The van der Waals surface area contributed by atoms with Gasteiger partial charge >= 0.3 is 0 Å². The van der Waals surface area contributed by atoms with Gasteiger partial charge in [0, 0.05) is 10.4 Å². The van der Waals surface area contributed by atoms with Crippen molar-refractivity contribution in [3.63, 3.8) is 0 Å². The van der Waals surface area contributed by atoms with Gasteiger partial charge in [-0.05, 0) is 36.1 Å². The molecule has 0 aliphatic heterocycles. The smallest absolute Gasteiger partial charge is 0.163 e. The van der Waals surface area contributed by atoms with Gasteiger partial charge in [0.25, 0.3) is 0 Å². The summed E-state index contributed by atoms with van der Waals surface area (Å²) in [6.07, 6.45) is -0.805. The number of ether oxygens (including phenoxy) is 1. The van der Waals surface area contributed by atoms with Crippen molar-refractivity contribution < 1.29 is 14.6 Å². The molecule has 0 saturated carbocycles. The minimum atomic E-state index is -0.805. The van der Waals surface area contributed by atoms with Gasteiger partial charge in [-0.3, -0.25) is 4.79 Å². The zero-order chi connectivity index (χ0) is 17.1. The van der Waals surface area contributed by atoms with Gasteiger partial charge in [0.2, 0.25) is 0 Å². The largest absolute Gasteiger partial charge is 0.489 e. The van der Waals surface area contributed by atoms with Crippen molar-refractivity contribution in [2.45, 2.75) is 13.0 Å². The third kappa shape index (κ3) is 3.42. The third-order valence-electron chi connectivity index (χ3n) is 3.90. The lowest BCUT2D eigenvalue weighted by molar-refractivity contribution is 0.0980. The fourth-order valence-corrected chi connectivity index (χ4v) is 2.75. The first-order valence-corrected chi connectivity index (χ1v) is 8.03. The van der Waals surface area contributed by atoms with Crippen LogP contribution >= 0.6 is 11.6 Å². The number of ketones is 1. The van der Waals surface area contributed by atoms with Crippen LogP contribution in [0.25, 0.3) is 10.8 Å². The van der Waals surface area contributed by atoms with Crippen molar-refractivity contribution in [3.05, 3.63) is 76.8 Å². The summed E-state index contributed by atoms with van der Waals surface area (Å²) < 4.78 is 5.85. The number of fused-ring (bicyclic) bond motifs is 1. The van der Waals surface area contributed by atoms with Gasteiger partial charge in [-0.2, -0.15) is 0 Å². The predicted molar refractivity (Wildman–Crippen MR) is 95.9 cm³/mol. The maximum atomic E-state index is 11.9. The topological polar surface area (TPSA) is 46.5 Å². The number of hydrogen-bond acceptors (Lipinski definition) is 3. The van der Waals surface area contributed by atoms with Gasteiger partial charge in [0.15, 0.2) is 5.78 Å². The van der Waals surface area contributed by atoms with Crippen LogP contribution in [-0.2, 0) is 0 Å². The summed E-state index contributed by atoms with van der Waals surface area (Å²) in [6, 6.07) is 18.3. The molecule has 24 heavy (non-hydrogen) atoms. The summed E-state index contributed by atoms with van der Waals surface area (Å²) in [5, 5.41) is 12.8. The van der Waals surface area contributed by atoms with E-state index < -0.39 is 6.10 Å². The quantitative estimate of drug-likeness (QED) is 0.678. The highest BCUT2D eigenvalue weighted by molar-refractivity contribution is 6.30. The summed E-state index contributed by atoms with van der Waals surface area (Å²) >= 11 is 5.86. The summed E-state index contributed by atoms with van der Waals surface area (Å²) in [4.78, 5) is 11.9. The number of benzene rings is 3. The Labute approximate surface area is 145 Å². The predicted octanol–water partition coefficient (Wildman–Crippen LogP) is 4.81. The summed E-state index contributed by atoms with van der Waals surface area (Å²) in [5.74, 6) is 0.436. The molecule has 0 radical (unpaired) electrons. The summed E-state index contributed by atoms with van der Waals surface area (Å²) in [7, 11) is 0. The Morgan fingerprint density at radius 2 is 1.79 bits per heavy atom. The van der Waals surface area contributed by atoms with Gasteiger partial charge < -0.3 is 9.84 Å². The van der Waals surface area contributed by atoms with Crippen molar-refractivity contribution >= 4 is 28.2 Å². The SMILES string of the molecule is CC(=O)c1ccc2ccccc2c1OCC(O)c1ccc(Cl)cc1. The Balaban J connectivity index is 1.89. The molecule has 0 spiro atoms. The number of carbonyl (C=O) groups excluding carboxylic acids is 1. The second kappa shape index (κ2) is 7.04. The van der Waals surface area contributed by atoms with Gasteiger partial charge in [-0.25, -0.2) is 0 Å². The number of rotatable bonds is 5. The average molecular weight is 341 g/mol. The first-order valence-electron chi connectivity index (χ1n) is 7.65. The molecular formula is C20H17ClO3. The zero-order valence-electron chi connectivity index (χ0n) is 13.2. The standard InChI is InChI=1S/C20H17ClO3/c1-13(22)17-11-8-14-4-2-3-5-18(14)20(17)24-12-19(23)15-6-9-16(21)10-7-15/h2-11,19,23H,12H2,1H3. The van der Waals surface area contributed by atoms with Crippen molar-refractivity contribution in [3.8, 4) is 5.75 Å². The molecule has 0 aliphatic carbocycles. The third-order valence-corrected chi connectivity index (χ3v) is 4.15. The molecule has 3 aromatic carbocycles. The Kier molecular flexibility index (Phi) is 4.84. The zero-order valence-corrected chi connectivity index (χ0v) is 14.0. The molecule has 0 aliphatic rings. The van der Waals surface area contributed by atoms with E-state index in [1.807, 2.05) is 30.3 Å². The molecule has 3 aromatic rings. The van der Waals surface area contributed by atoms with E-state index in [4.69, 9.17) is 16.3 Å². The normalized spacial score (nSPS) is 12.1.